The van der Waals surface area contributed by atoms with Crippen LogP contribution in [-0.2, 0) is 6.54 Å². The Morgan fingerprint density at radius 1 is 1.16 bits per heavy atom. The van der Waals surface area contributed by atoms with Crippen molar-refractivity contribution in [3.63, 3.8) is 0 Å². The number of rotatable bonds is 4. The molecule has 0 spiro atoms. The molecule has 0 atom stereocenters. The summed E-state index contributed by atoms with van der Waals surface area (Å²) >= 11 is 3.37. The molecule has 2 nitrogen and oxygen atoms in total. The Kier molecular flexibility index (Phi) is 4.43. The number of halogens is 2. The van der Waals surface area contributed by atoms with E-state index < -0.39 is 0 Å². The predicted molar refractivity (Wildman–Crippen MR) is 82.2 cm³/mol. The van der Waals surface area contributed by atoms with Crippen LogP contribution < -0.4 is 10.2 Å². The molecule has 0 amide bonds. The molecule has 0 aliphatic rings. The van der Waals surface area contributed by atoms with E-state index in [2.05, 4.69) is 21.2 Å². The van der Waals surface area contributed by atoms with Crippen LogP contribution in [-0.4, -0.2) is 14.1 Å². The van der Waals surface area contributed by atoms with Gasteiger partial charge in [-0.15, -0.1) is 0 Å². The normalized spacial score (nSPS) is 10.3. The molecular weight excluding hydrogens is 307 g/mol. The fraction of sp³-hybridized carbons (Fsp3) is 0.200. The summed E-state index contributed by atoms with van der Waals surface area (Å²) in [7, 11) is 3.77. The van der Waals surface area contributed by atoms with Gasteiger partial charge >= 0.3 is 0 Å². The maximum Gasteiger partial charge on any atom is 0.146 e. The molecule has 0 aliphatic carbocycles. The third kappa shape index (κ3) is 3.47. The first-order valence-electron chi connectivity index (χ1n) is 6.03. The van der Waals surface area contributed by atoms with Gasteiger partial charge in [0, 0.05) is 30.8 Å². The first-order valence-corrected chi connectivity index (χ1v) is 6.82. The van der Waals surface area contributed by atoms with Gasteiger partial charge in [0.15, 0.2) is 0 Å². The molecule has 2 aromatic rings. The molecule has 0 aromatic heterocycles. The molecule has 0 aliphatic heterocycles. The molecule has 0 saturated carbocycles. The van der Waals surface area contributed by atoms with E-state index >= 15 is 0 Å². The average Bonchev–Trinajstić information content (AvgIpc) is 2.42. The second-order valence-electron chi connectivity index (χ2n) is 4.40. The van der Waals surface area contributed by atoms with Crippen LogP contribution in [0.4, 0.5) is 15.8 Å². The van der Waals surface area contributed by atoms with Crippen molar-refractivity contribution >= 4 is 27.3 Å². The van der Waals surface area contributed by atoms with Crippen LogP contribution in [0, 0.1) is 5.82 Å². The van der Waals surface area contributed by atoms with E-state index in [1.165, 1.54) is 6.07 Å². The quantitative estimate of drug-likeness (QED) is 0.904. The van der Waals surface area contributed by atoms with E-state index in [4.69, 9.17) is 0 Å². The number of anilines is 2. The summed E-state index contributed by atoms with van der Waals surface area (Å²) in [6, 6.07) is 13.1. The number of hydrogen-bond donors (Lipinski definition) is 1. The van der Waals surface area contributed by atoms with Gasteiger partial charge in [0.05, 0.1) is 5.69 Å². The van der Waals surface area contributed by atoms with Crippen LogP contribution in [0.2, 0.25) is 0 Å². The van der Waals surface area contributed by atoms with E-state index in [0.717, 1.165) is 15.7 Å². The lowest BCUT2D eigenvalue weighted by atomic mass is 10.2. The monoisotopic (exact) mass is 322 g/mol. The molecule has 0 bridgehead atoms. The minimum absolute atomic E-state index is 0.211. The van der Waals surface area contributed by atoms with Crippen molar-refractivity contribution in [2.45, 2.75) is 6.54 Å². The molecular formula is C15H16BrFN2. The lowest BCUT2D eigenvalue weighted by Gasteiger charge is -2.20. The molecule has 4 heteroatoms. The largest absolute Gasteiger partial charge is 0.388 e. The van der Waals surface area contributed by atoms with Gasteiger partial charge in [0.1, 0.15) is 5.82 Å². The van der Waals surface area contributed by atoms with Crippen molar-refractivity contribution in [2.75, 3.05) is 24.3 Å². The highest BCUT2D eigenvalue weighted by atomic mass is 79.9. The van der Waals surface area contributed by atoms with Crippen LogP contribution in [0.1, 0.15) is 5.56 Å². The first-order chi connectivity index (χ1) is 9.10. The molecule has 0 heterocycles. The second-order valence-corrected chi connectivity index (χ2v) is 5.31. The fourth-order valence-electron chi connectivity index (χ4n) is 1.91. The smallest absolute Gasteiger partial charge is 0.146 e. The van der Waals surface area contributed by atoms with Gasteiger partial charge in [-0.3, -0.25) is 0 Å². The number of nitrogens with zero attached hydrogens (tertiary/aromatic N) is 1. The Hall–Kier alpha value is -1.55. The Balaban J connectivity index is 2.15. The molecule has 0 fully saturated rings. The average molecular weight is 323 g/mol. The van der Waals surface area contributed by atoms with E-state index in [9.17, 15) is 4.39 Å². The zero-order chi connectivity index (χ0) is 13.8. The highest BCUT2D eigenvalue weighted by molar-refractivity contribution is 9.10. The summed E-state index contributed by atoms with van der Waals surface area (Å²) in [5.74, 6) is -0.211. The molecule has 0 unspecified atom stereocenters. The predicted octanol–water partition coefficient (Wildman–Crippen LogP) is 4.27. The van der Waals surface area contributed by atoms with Gasteiger partial charge in [-0.1, -0.05) is 28.1 Å². The van der Waals surface area contributed by atoms with E-state index in [0.29, 0.717) is 12.2 Å². The maximum atomic E-state index is 13.8. The van der Waals surface area contributed by atoms with Crippen LogP contribution in [0.3, 0.4) is 0 Å². The van der Waals surface area contributed by atoms with Gasteiger partial charge < -0.3 is 10.2 Å². The third-order valence-electron chi connectivity index (χ3n) is 2.98. The van der Waals surface area contributed by atoms with Crippen molar-refractivity contribution < 1.29 is 4.39 Å². The zero-order valence-electron chi connectivity index (χ0n) is 11.0. The summed E-state index contributed by atoms with van der Waals surface area (Å²) in [6.07, 6.45) is 0. The standard InChI is InChI=1S/C15H16BrFN2/c1-18-13-6-3-11(4-7-13)10-19(2)15-9-12(16)5-8-14(15)17/h3-9,18H,10H2,1-2H3. The minimum atomic E-state index is -0.211. The summed E-state index contributed by atoms with van der Waals surface area (Å²) in [6.45, 7) is 0.664. The molecule has 1 N–H and O–H groups in total. The number of nitrogens with one attached hydrogen (secondary N) is 1. The van der Waals surface area contributed by atoms with E-state index in [-0.39, 0.29) is 5.82 Å². The van der Waals surface area contributed by atoms with Crippen molar-refractivity contribution in [3.05, 3.63) is 58.3 Å². The molecule has 0 radical (unpaired) electrons. The lowest BCUT2D eigenvalue weighted by molar-refractivity contribution is 0.622. The Bertz CT molecular complexity index is 555. The van der Waals surface area contributed by atoms with Gasteiger partial charge in [0.25, 0.3) is 0 Å². The van der Waals surface area contributed by atoms with Gasteiger partial charge in [-0.25, -0.2) is 4.39 Å². The van der Waals surface area contributed by atoms with Crippen molar-refractivity contribution in [2.24, 2.45) is 0 Å². The van der Waals surface area contributed by atoms with E-state index in [1.54, 1.807) is 12.1 Å². The highest BCUT2D eigenvalue weighted by Gasteiger charge is 2.08. The SMILES string of the molecule is CNc1ccc(CN(C)c2cc(Br)ccc2F)cc1. The minimum Gasteiger partial charge on any atom is -0.388 e. The summed E-state index contributed by atoms with van der Waals surface area (Å²) in [4.78, 5) is 1.90. The van der Waals surface area contributed by atoms with Gasteiger partial charge in [-0.05, 0) is 35.9 Å². The van der Waals surface area contributed by atoms with Gasteiger partial charge in [0.2, 0.25) is 0 Å². The van der Waals surface area contributed by atoms with Crippen LogP contribution >= 0.6 is 15.9 Å². The Morgan fingerprint density at radius 2 is 1.84 bits per heavy atom. The first kappa shape index (κ1) is 13.9. The van der Waals surface area contributed by atoms with Gasteiger partial charge in [-0.2, -0.15) is 0 Å². The van der Waals surface area contributed by atoms with E-state index in [1.807, 2.05) is 43.3 Å². The van der Waals surface area contributed by atoms with Crippen molar-refractivity contribution in [1.82, 2.24) is 0 Å². The highest BCUT2D eigenvalue weighted by Crippen LogP contribution is 2.24. The van der Waals surface area contributed by atoms with Crippen LogP contribution in [0.5, 0.6) is 0 Å². The molecule has 0 saturated heterocycles. The van der Waals surface area contributed by atoms with Crippen LogP contribution in [0.15, 0.2) is 46.9 Å². The Labute approximate surface area is 121 Å². The Morgan fingerprint density at radius 3 is 2.47 bits per heavy atom. The lowest BCUT2D eigenvalue weighted by Crippen LogP contribution is -2.17. The van der Waals surface area contributed by atoms with Crippen molar-refractivity contribution in [3.8, 4) is 0 Å². The zero-order valence-corrected chi connectivity index (χ0v) is 12.5. The molecule has 19 heavy (non-hydrogen) atoms. The van der Waals surface area contributed by atoms with Crippen molar-refractivity contribution in [1.29, 1.82) is 0 Å². The third-order valence-corrected chi connectivity index (χ3v) is 3.48. The summed E-state index contributed by atoms with van der Waals surface area (Å²) in [5, 5.41) is 3.08. The number of benzene rings is 2. The maximum absolute atomic E-state index is 13.8. The molecule has 2 aromatic carbocycles. The molecule has 100 valence electrons. The molecule has 2 rings (SSSR count). The summed E-state index contributed by atoms with van der Waals surface area (Å²) in [5.41, 5.74) is 2.80. The van der Waals surface area contributed by atoms with Crippen LogP contribution in [0.25, 0.3) is 0 Å². The topological polar surface area (TPSA) is 15.3 Å². The number of hydrogen-bond acceptors (Lipinski definition) is 2. The fourth-order valence-corrected chi connectivity index (χ4v) is 2.26. The summed E-state index contributed by atoms with van der Waals surface area (Å²) < 4.78 is 14.6. The second kappa shape index (κ2) is 6.06.